The summed E-state index contributed by atoms with van der Waals surface area (Å²) in [4.78, 5) is 31.2. The lowest BCUT2D eigenvalue weighted by molar-refractivity contribution is -0.274. The van der Waals surface area contributed by atoms with E-state index in [-0.39, 0.29) is 34.3 Å². The molecule has 2 aliphatic rings. The standard InChI is InChI=1S/C22H21F3N6O3/c1-10(11-2-3-11)30-8-13-6-12(7-16(14(13)9-30)34-22(23,24)25)18(32)15-4-5-31-21(28-15)17(20(27)33)19(26)29-31/h4-7,10-11H,2-3,8-9H2,1H3,(H2,26,29)(H2,27,33). The Kier molecular flexibility index (Phi) is 5.01. The number of alkyl halides is 3. The number of fused-ring (bicyclic) bond motifs is 2. The average molecular weight is 474 g/mol. The van der Waals surface area contributed by atoms with Crippen LogP contribution in [0.15, 0.2) is 24.4 Å². The number of ketones is 1. The third kappa shape index (κ3) is 3.94. The largest absolute Gasteiger partial charge is 0.573 e. The molecule has 1 aliphatic carbocycles. The summed E-state index contributed by atoms with van der Waals surface area (Å²) in [6.45, 7) is 2.79. The van der Waals surface area contributed by atoms with Crippen LogP contribution in [0.5, 0.6) is 5.75 Å². The van der Waals surface area contributed by atoms with E-state index in [2.05, 4.69) is 26.6 Å². The molecule has 0 saturated heterocycles. The van der Waals surface area contributed by atoms with Gasteiger partial charge in [0.1, 0.15) is 17.0 Å². The van der Waals surface area contributed by atoms with Gasteiger partial charge in [0.15, 0.2) is 11.5 Å². The van der Waals surface area contributed by atoms with Gasteiger partial charge in [0.2, 0.25) is 5.78 Å². The summed E-state index contributed by atoms with van der Waals surface area (Å²) in [5.41, 5.74) is 11.8. The lowest BCUT2D eigenvalue weighted by Gasteiger charge is -2.23. The van der Waals surface area contributed by atoms with Crippen LogP contribution in [0.1, 0.15) is 57.3 Å². The van der Waals surface area contributed by atoms with Gasteiger partial charge in [-0.1, -0.05) is 0 Å². The lowest BCUT2D eigenvalue weighted by Crippen LogP contribution is -2.29. The predicted molar refractivity (Wildman–Crippen MR) is 114 cm³/mol. The van der Waals surface area contributed by atoms with Crippen LogP contribution in [-0.2, 0) is 13.1 Å². The van der Waals surface area contributed by atoms with Gasteiger partial charge in [-0.25, -0.2) is 9.50 Å². The maximum atomic E-state index is 13.2. The Hall–Kier alpha value is -3.67. The van der Waals surface area contributed by atoms with Crippen molar-refractivity contribution in [2.45, 2.75) is 45.3 Å². The third-order valence-electron chi connectivity index (χ3n) is 6.40. The fourth-order valence-electron chi connectivity index (χ4n) is 4.47. The minimum atomic E-state index is -4.91. The predicted octanol–water partition coefficient (Wildman–Crippen LogP) is 2.65. The quantitative estimate of drug-likeness (QED) is 0.526. The molecule has 178 valence electrons. The molecule has 0 radical (unpaired) electrons. The molecule has 3 heterocycles. The lowest BCUT2D eigenvalue weighted by atomic mass is 10.0. The molecular weight excluding hydrogens is 453 g/mol. The Bertz CT molecular complexity index is 1330. The van der Waals surface area contributed by atoms with Gasteiger partial charge in [-0.2, -0.15) is 0 Å². The van der Waals surface area contributed by atoms with Crippen LogP contribution in [0.25, 0.3) is 5.65 Å². The second kappa shape index (κ2) is 7.69. The molecule has 3 aromatic rings. The summed E-state index contributed by atoms with van der Waals surface area (Å²) in [5.74, 6) is -1.52. The first kappa shape index (κ1) is 22.1. The molecule has 2 aromatic heterocycles. The van der Waals surface area contributed by atoms with Gasteiger partial charge < -0.3 is 16.2 Å². The maximum absolute atomic E-state index is 13.2. The molecule has 34 heavy (non-hydrogen) atoms. The van der Waals surface area contributed by atoms with Crippen molar-refractivity contribution in [3.05, 3.63) is 52.3 Å². The van der Waals surface area contributed by atoms with Crippen LogP contribution in [0.2, 0.25) is 0 Å². The number of ether oxygens (including phenoxy) is 1. The molecule has 1 unspecified atom stereocenters. The van der Waals surface area contributed by atoms with Crippen LogP contribution >= 0.6 is 0 Å². The number of aromatic nitrogens is 3. The Morgan fingerprint density at radius 3 is 2.62 bits per heavy atom. The molecule has 1 aromatic carbocycles. The van der Waals surface area contributed by atoms with Crippen molar-refractivity contribution in [3.8, 4) is 5.75 Å². The van der Waals surface area contributed by atoms with Gasteiger partial charge in [-0.05, 0) is 49.4 Å². The second-order valence-corrected chi connectivity index (χ2v) is 8.68. The molecule has 1 saturated carbocycles. The molecular formula is C22H21F3N6O3. The van der Waals surface area contributed by atoms with Crippen molar-refractivity contribution >= 4 is 23.2 Å². The highest BCUT2D eigenvalue weighted by Crippen LogP contribution is 2.41. The number of nitrogens with zero attached hydrogens (tertiary/aromatic N) is 4. The number of primary amides is 1. The van der Waals surface area contributed by atoms with Crippen molar-refractivity contribution in [2.75, 3.05) is 5.73 Å². The van der Waals surface area contributed by atoms with E-state index >= 15 is 0 Å². The van der Waals surface area contributed by atoms with Gasteiger partial charge in [0, 0.05) is 36.5 Å². The monoisotopic (exact) mass is 474 g/mol. The number of benzene rings is 1. The van der Waals surface area contributed by atoms with Crippen LogP contribution in [0.4, 0.5) is 19.0 Å². The minimum Gasteiger partial charge on any atom is -0.405 e. The fourth-order valence-corrected chi connectivity index (χ4v) is 4.47. The Morgan fingerprint density at radius 2 is 1.97 bits per heavy atom. The summed E-state index contributed by atoms with van der Waals surface area (Å²) in [6, 6.07) is 4.22. The summed E-state index contributed by atoms with van der Waals surface area (Å²) < 4.78 is 45.0. The number of nitrogen functional groups attached to an aromatic ring is 1. The van der Waals surface area contributed by atoms with E-state index in [0.29, 0.717) is 30.1 Å². The zero-order valence-corrected chi connectivity index (χ0v) is 18.1. The molecule has 4 N–H and O–H groups in total. The molecule has 0 spiro atoms. The van der Waals surface area contributed by atoms with E-state index in [1.54, 1.807) is 6.07 Å². The smallest absolute Gasteiger partial charge is 0.405 e. The number of rotatable bonds is 6. The summed E-state index contributed by atoms with van der Waals surface area (Å²) in [6.07, 6.45) is -1.33. The Morgan fingerprint density at radius 1 is 1.24 bits per heavy atom. The maximum Gasteiger partial charge on any atom is 0.573 e. The van der Waals surface area contributed by atoms with E-state index in [1.165, 1.54) is 16.8 Å². The molecule has 1 fully saturated rings. The average Bonchev–Trinajstić information content (AvgIpc) is 3.41. The van der Waals surface area contributed by atoms with E-state index in [1.807, 2.05) is 0 Å². The van der Waals surface area contributed by atoms with Crippen molar-refractivity contribution < 1.29 is 27.5 Å². The molecule has 0 bridgehead atoms. The number of anilines is 1. The van der Waals surface area contributed by atoms with Crippen LogP contribution in [-0.4, -0.2) is 43.6 Å². The molecule has 1 amide bonds. The van der Waals surface area contributed by atoms with Gasteiger partial charge in [0.05, 0.1) is 0 Å². The minimum absolute atomic E-state index is 0.0103. The normalized spacial score (nSPS) is 17.1. The van der Waals surface area contributed by atoms with Crippen LogP contribution in [0, 0.1) is 5.92 Å². The summed E-state index contributed by atoms with van der Waals surface area (Å²) >= 11 is 0. The molecule has 9 nitrogen and oxygen atoms in total. The van der Waals surface area contributed by atoms with Gasteiger partial charge >= 0.3 is 6.36 Å². The van der Waals surface area contributed by atoms with Crippen molar-refractivity contribution in [1.82, 2.24) is 19.5 Å². The van der Waals surface area contributed by atoms with Gasteiger partial charge in [-0.3, -0.25) is 14.5 Å². The molecule has 5 rings (SSSR count). The van der Waals surface area contributed by atoms with Crippen molar-refractivity contribution in [2.24, 2.45) is 11.7 Å². The van der Waals surface area contributed by atoms with Crippen molar-refractivity contribution in [1.29, 1.82) is 0 Å². The van der Waals surface area contributed by atoms with Gasteiger partial charge in [0.25, 0.3) is 5.91 Å². The highest BCUT2D eigenvalue weighted by atomic mass is 19.4. The zero-order valence-electron chi connectivity index (χ0n) is 18.1. The number of hydrogen-bond donors (Lipinski definition) is 2. The highest BCUT2D eigenvalue weighted by molar-refractivity contribution is 6.09. The Labute approximate surface area is 191 Å². The number of hydrogen-bond acceptors (Lipinski definition) is 7. The van der Waals surface area contributed by atoms with E-state index in [4.69, 9.17) is 11.5 Å². The van der Waals surface area contributed by atoms with E-state index < -0.39 is 23.8 Å². The molecule has 1 aliphatic heterocycles. The third-order valence-corrected chi connectivity index (χ3v) is 6.40. The first-order valence-corrected chi connectivity index (χ1v) is 10.7. The number of halogens is 3. The number of carbonyl (C=O) groups is 2. The van der Waals surface area contributed by atoms with E-state index in [9.17, 15) is 22.8 Å². The Balaban J connectivity index is 1.54. The van der Waals surface area contributed by atoms with Gasteiger partial charge in [-0.15, -0.1) is 18.3 Å². The number of amides is 1. The van der Waals surface area contributed by atoms with Crippen LogP contribution < -0.4 is 16.2 Å². The molecule has 12 heteroatoms. The SMILES string of the molecule is CC(C1CC1)N1Cc2cc(C(=O)c3ccn4nc(N)c(C(N)=O)c4n3)cc(OC(F)(F)F)c2C1. The van der Waals surface area contributed by atoms with E-state index in [0.717, 1.165) is 18.9 Å². The summed E-state index contributed by atoms with van der Waals surface area (Å²) in [7, 11) is 0. The van der Waals surface area contributed by atoms with Crippen molar-refractivity contribution in [3.63, 3.8) is 0 Å². The number of nitrogens with two attached hydrogens (primary N) is 2. The fraction of sp³-hybridized carbons (Fsp3) is 0.364. The second-order valence-electron chi connectivity index (χ2n) is 8.68. The first-order chi connectivity index (χ1) is 16.0. The molecule has 1 atom stereocenters. The topological polar surface area (TPSA) is 129 Å². The highest BCUT2D eigenvalue weighted by Gasteiger charge is 2.38. The zero-order chi connectivity index (χ0) is 24.4. The number of carbonyl (C=O) groups excluding carboxylic acids is 2. The summed E-state index contributed by atoms with van der Waals surface area (Å²) in [5, 5.41) is 3.92. The van der Waals surface area contributed by atoms with Crippen LogP contribution in [0.3, 0.4) is 0 Å². The first-order valence-electron chi connectivity index (χ1n) is 10.7.